The number of thioether (sulfide) groups is 1. The Hall–Kier alpha value is -1.50. The van der Waals surface area contributed by atoms with Gasteiger partial charge in [0.15, 0.2) is 0 Å². The second kappa shape index (κ2) is 6.91. The lowest BCUT2D eigenvalue weighted by atomic mass is 9.82. The van der Waals surface area contributed by atoms with Crippen LogP contribution < -0.4 is 11.1 Å². The molecule has 7 heteroatoms. The quantitative estimate of drug-likeness (QED) is 0.532. The Morgan fingerprint density at radius 1 is 1.27 bits per heavy atom. The SMILES string of the molecule is CC1(C)CC(SC(=N)c2ccc(-n3ccc(N)n3)cc2Cl)CC(C)(C)N1. The third-order valence-electron chi connectivity index (χ3n) is 4.51. The maximum Gasteiger partial charge on any atom is 0.145 e. The van der Waals surface area contributed by atoms with Crippen LogP contribution in [0.4, 0.5) is 5.82 Å². The van der Waals surface area contributed by atoms with E-state index in [1.54, 1.807) is 28.7 Å². The molecule has 0 radical (unpaired) electrons. The van der Waals surface area contributed by atoms with Crippen molar-refractivity contribution < 1.29 is 0 Å². The third kappa shape index (κ3) is 4.42. The molecule has 1 aliphatic heterocycles. The zero-order valence-corrected chi connectivity index (χ0v) is 17.2. The number of nitrogens with zero attached hydrogens (tertiary/aromatic N) is 2. The highest BCUT2D eigenvalue weighted by atomic mass is 35.5. The number of aromatic nitrogens is 2. The van der Waals surface area contributed by atoms with Crippen LogP contribution in [0.3, 0.4) is 0 Å². The molecule has 3 rings (SSSR count). The molecule has 5 nitrogen and oxygen atoms in total. The minimum atomic E-state index is 0.0629. The van der Waals surface area contributed by atoms with Gasteiger partial charge in [-0.25, -0.2) is 4.68 Å². The van der Waals surface area contributed by atoms with Crippen molar-refractivity contribution >= 4 is 34.2 Å². The van der Waals surface area contributed by atoms with E-state index in [2.05, 4.69) is 38.1 Å². The maximum absolute atomic E-state index is 8.56. The van der Waals surface area contributed by atoms with Crippen molar-refractivity contribution in [2.24, 2.45) is 0 Å². The predicted octanol–water partition coefficient (Wildman–Crippen LogP) is 4.48. The summed E-state index contributed by atoms with van der Waals surface area (Å²) in [4.78, 5) is 0. The minimum absolute atomic E-state index is 0.0629. The van der Waals surface area contributed by atoms with Crippen LogP contribution in [-0.2, 0) is 0 Å². The Balaban J connectivity index is 1.76. The zero-order chi connectivity index (χ0) is 19.1. The molecular weight excluding hydrogens is 366 g/mol. The van der Waals surface area contributed by atoms with Crippen LogP contribution in [0.15, 0.2) is 30.5 Å². The van der Waals surface area contributed by atoms with E-state index in [0.29, 0.717) is 21.1 Å². The second-order valence-electron chi connectivity index (χ2n) is 8.22. The van der Waals surface area contributed by atoms with Gasteiger partial charge in [-0.1, -0.05) is 11.6 Å². The lowest BCUT2D eigenvalue weighted by Gasteiger charge is -2.46. The largest absolute Gasteiger partial charge is 0.382 e. The smallest absolute Gasteiger partial charge is 0.145 e. The van der Waals surface area contributed by atoms with Crippen LogP contribution in [0.1, 0.15) is 46.1 Å². The van der Waals surface area contributed by atoms with Crippen LogP contribution >= 0.6 is 23.4 Å². The van der Waals surface area contributed by atoms with Crippen molar-refractivity contribution in [3.8, 4) is 5.69 Å². The van der Waals surface area contributed by atoms with E-state index < -0.39 is 0 Å². The van der Waals surface area contributed by atoms with Gasteiger partial charge in [0.1, 0.15) is 5.82 Å². The van der Waals surface area contributed by atoms with Crippen LogP contribution in [0.2, 0.25) is 5.02 Å². The van der Waals surface area contributed by atoms with E-state index >= 15 is 0 Å². The molecule has 0 aliphatic carbocycles. The van der Waals surface area contributed by atoms with Crippen LogP contribution in [0.5, 0.6) is 0 Å². The van der Waals surface area contributed by atoms with Gasteiger partial charge in [-0.05, 0) is 58.7 Å². The molecule has 0 amide bonds. The first-order valence-corrected chi connectivity index (χ1v) is 9.96. The Morgan fingerprint density at radius 3 is 2.46 bits per heavy atom. The topological polar surface area (TPSA) is 79.7 Å². The Labute approximate surface area is 164 Å². The molecule has 1 fully saturated rings. The molecule has 26 heavy (non-hydrogen) atoms. The highest BCUT2D eigenvalue weighted by Crippen LogP contribution is 2.37. The number of nitrogens with two attached hydrogens (primary N) is 1. The Kier molecular flexibility index (Phi) is 5.12. The average molecular weight is 392 g/mol. The maximum atomic E-state index is 8.56. The number of hydrogen-bond acceptors (Lipinski definition) is 5. The van der Waals surface area contributed by atoms with Gasteiger partial charge in [-0.15, -0.1) is 11.8 Å². The number of rotatable bonds is 3. The van der Waals surface area contributed by atoms with Crippen molar-refractivity contribution in [1.82, 2.24) is 15.1 Å². The fourth-order valence-corrected chi connectivity index (χ4v) is 5.82. The molecule has 1 aromatic heterocycles. The number of piperidine rings is 1. The summed E-state index contributed by atoms with van der Waals surface area (Å²) in [7, 11) is 0. The summed E-state index contributed by atoms with van der Waals surface area (Å²) in [5, 5.41) is 17.9. The summed E-state index contributed by atoms with van der Waals surface area (Å²) >= 11 is 8.09. The standard InChI is InChI=1S/C19H26ClN5S/c1-18(2)10-13(11-19(3,4)24-18)26-17(22)14-6-5-12(9-15(14)20)25-8-7-16(21)23-25/h5-9,13,22,24H,10-11H2,1-4H3,(H2,21,23). The van der Waals surface area contributed by atoms with Crippen molar-refractivity contribution in [2.45, 2.75) is 56.9 Å². The molecule has 0 saturated carbocycles. The van der Waals surface area contributed by atoms with Gasteiger partial charge in [0, 0.05) is 34.2 Å². The summed E-state index contributed by atoms with van der Waals surface area (Å²) in [5.74, 6) is 0.463. The predicted molar refractivity (Wildman–Crippen MR) is 112 cm³/mol. The van der Waals surface area contributed by atoms with Crippen molar-refractivity contribution in [3.05, 3.63) is 41.0 Å². The van der Waals surface area contributed by atoms with Gasteiger partial charge < -0.3 is 11.1 Å². The van der Waals surface area contributed by atoms with Crippen molar-refractivity contribution in [1.29, 1.82) is 5.41 Å². The first-order valence-electron chi connectivity index (χ1n) is 8.71. The summed E-state index contributed by atoms with van der Waals surface area (Å²) in [6, 6.07) is 7.37. The summed E-state index contributed by atoms with van der Waals surface area (Å²) in [5.41, 5.74) is 7.39. The number of nitrogens with one attached hydrogen (secondary N) is 2. The van der Waals surface area contributed by atoms with Gasteiger partial charge >= 0.3 is 0 Å². The lowest BCUT2D eigenvalue weighted by molar-refractivity contribution is 0.189. The van der Waals surface area contributed by atoms with Crippen LogP contribution in [-0.4, -0.2) is 31.2 Å². The highest BCUT2D eigenvalue weighted by Gasteiger charge is 2.38. The summed E-state index contributed by atoms with van der Waals surface area (Å²) in [6.07, 6.45) is 3.83. The normalized spacial score (nSPS) is 19.4. The zero-order valence-electron chi connectivity index (χ0n) is 15.6. The third-order valence-corrected chi connectivity index (χ3v) is 5.94. The summed E-state index contributed by atoms with van der Waals surface area (Å²) < 4.78 is 1.68. The molecule has 4 N–H and O–H groups in total. The number of benzene rings is 1. The molecular formula is C19H26ClN5S. The van der Waals surface area contributed by atoms with E-state index in [1.807, 2.05) is 18.2 Å². The molecule has 0 spiro atoms. The summed E-state index contributed by atoms with van der Waals surface area (Å²) in [6.45, 7) is 8.90. The van der Waals surface area contributed by atoms with E-state index in [-0.39, 0.29) is 11.1 Å². The molecule has 2 aromatic rings. The van der Waals surface area contributed by atoms with E-state index in [1.165, 1.54) is 0 Å². The fraction of sp³-hybridized carbons (Fsp3) is 0.474. The van der Waals surface area contributed by atoms with Gasteiger partial charge in [0.2, 0.25) is 0 Å². The van der Waals surface area contributed by atoms with Crippen molar-refractivity contribution in [2.75, 3.05) is 5.73 Å². The van der Waals surface area contributed by atoms with Gasteiger partial charge in [-0.2, -0.15) is 5.10 Å². The monoisotopic (exact) mass is 391 g/mol. The van der Waals surface area contributed by atoms with Gasteiger partial charge in [-0.3, -0.25) is 5.41 Å². The molecule has 0 atom stereocenters. The number of anilines is 1. The Morgan fingerprint density at radius 2 is 1.92 bits per heavy atom. The van der Waals surface area contributed by atoms with Gasteiger partial charge in [0.25, 0.3) is 0 Å². The molecule has 0 unspecified atom stereocenters. The van der Waals surface area contributed by atoms with Crippen molar-refractivity contribution in [3.63, 3.8) is 0 Å². The van der Waals surface area contributed by atoms with E-state index in [4.69, 9.17) is 22.7 Å². The molecule has 2 heterocycles. The fourth-order valence-electron chi connectivity index (χ4n) is 3.85. The number of hydrogen-bond donors (Lipinski definition) is 3. The molecule has 1 aliphatic rings. The highest BCUT2D eigenvalue weighted by molar-refractivity contribution is 8.14. The lowest BCUT2D eigenvalue weighted by Crippen LogP contribution is -2.58. The van der Waals surface area contributed by atoms with E-state index in [9.17, 15) is 0 Å². The second-order valence-corrected chi connectivity index (χ2v) is 9.94. The first-order chi connectivity index (χ1) is 12.0. The Bertz CT molecular complexity index is 811. The number of nitrogen functional groups attached to an aromatic ring is 1. The molecule has 140 valence electrons. The average Bonchev–Trinajstić information content (AvgIpc) is 2.90. The van der Waals surface area contributed by atoms with Crippen LogP contribution in [0, 0.1) is 5.41 Å². The first kappa shape index (κ1) is 19.3. The molecule has 1 saturated heterocycles. The molecule has 0 bridgehead atoms. The minimum Gasteiger partial charge on any atom is -0.382 e. The van der Waals surface area contributed by atoms with Crippen LogP contribution in [0.25, 0.3) is 5.69 Å². The van der Waals surface area contributed by atoms with Gasteiger partial charge in [0.05, 0.1) is 15.8 Å². The number of halogens is 1. The van der Waals surface area contributed by atoms with E-state index in [0.717, 1.165) is 24.1 Å². The molecule has 1 aromatic carbocycles.